The first-order valence-corrected chi connectivity index (χ1v) is 7.25. The van der Waals surface area contributed by atoms with Gasteiger partial charge >= 0.3 is 0 Å². The van der Waals surface area contributed by atoms with Gasteiger partial charge in [0.1, 0.15) is 0 Å². The number of amides is 2. The first kappa shape index (κ1) is 15.1. The molecule has 0 aliphatic rings. The summed E-state index contributed by atoms with van der Waals surface area (Å²) < 4.78 is 7.15. The third-order valence-electron chi connectivity index (χ3n) is 2.57. The third-order valence-corrected chi connectivity index (χ3v) is 3.53. The normalized spacial score (nSPS) is 10.5. The molecule has 0 unspecified atom stereocenters. The second-order valence-corrected chi connectivity index (χ2v) is 5.00. The number of carbonyl (C=O) groups excluding carboxylic acids is 2. The van der Waals surface area contributed by atoms with E-state index in [9.17, 15) is 9.59 Å². The molecule has 0 saturated carbocycles. The van der Waals surface area contributed by atoms with E-state index in [1.807, 2.05) is 11.5 Å². The van der Waals surface area contributed by atoms with Crippen LogP contribution in [0.4, 0.5) is 0 Å². The number of nitrogens with zero attached hydrogens (tertiary/aromatic N) is 3. The largest absolute Gasteiger partial charge is 0.461 e. The summed E-state index contributed by atoms with van der Waals surface area (Å²) in [6, 6.07) is 3.57. The molecular formula is C12H15N5O3S. The quantitative estimate of drug-likeness (QED) is 0.708. The maximum atomic E-state index is 11.5. The molecule has 2 aromatic rings. The fourth-order valence-electron chi connectivity index (χ4n) is 1.64. The monoisotopic (exact) mass is 309 g/mol. The smallest absolute Gasteiger partial charge is 0.236 e. The third kappa shape index (κ3) is 3.85. The van der Waals surface area contributed by atoms with Gasteiger partial charge in [0.05, 0.1) is 18.6 Å². The molecule has 112 valence electrons. The predicted molar refractivity (Wildman–Crippen MR) is 76.3 cm³/mol. The van der Waals surface area contributed by atoms with E-state index < -0.39 is 5.91 Å². The van der Waals surface area contributed by atoms with Gasteiger partial charge in [-0.05, 0) is 19.1 Å². The van der Waals surface area contributed by atoms with Crippen LogP contribution >= 0.6 is 11.8 Å². The van der Waals surface area contributed by atoms with Crippen molar-refractivity contribution in [1.29, 1.82) is 0 Å². The van der Waals surface area contributed by atoms with Gasteiger partial charge in [-0.15, -0.1) is 10.2 Å². The molecule has 0 aliphatic heterocycles. The number of nitrogens with one attached hydrogen (secondary N) is 1. The van der Waals surface area contributed by atoms with Crippen molar-refractivity contribution < 1.29 is 14.0 Å². The maximum absolute atomic E-state index is 11.5. The molecule has 0 aromatic carbocycles. The zero-order valence-electron chi connectivity index (χ0n) is 11.4. The van der Waals surface area contributed by atoms with Gasteiger partial charge in [-0.2, -0.15) is 0 Å². The lowest BCUT2D eigenvalue weighted by molar-refractivity contribution is -0.123. The average Bonchev–Trinajstić information content (AvgIpc) is 3.10. The van der Waals surface area contributed by atoms with E-state index in [-0.39, 0.29) is 18.2 Å². The van der Waals surface area contributed by atoms with Gasteiger partial charge in [-0.1, -0.05) is 11.8 Å². The summed E-state index contributed by atoms with van der Waals surface area (Å²) in [4.78, 5) is 22.1. The predicted octanol–water partition coefficient (Wildman–Crippen LogP) is 0.252. The van der Waals surface area contributed by atoms with Crippen LogP contribution in [0.5, 0.6) is 0 Å². The molecule has 0 radical (unpaired) electrons. The van der Waals surface area contributed by atoms with Crippen molar-refractivity contribution in [2.24, 2.45) is 5.73 Å². The summed E-state index contributed by atoms with van der Waals surface area (Å²) in [6.07, 6.45) is 1.56. The average molecular weight is 309 g/mol. The highest BCUT2D eigenvalue weighted by atomic mass is 32.2. The van der Waals surface area contributed by atoms with Crippen LogP contribution in [0.15, 0.2) is 28.0 Å². The summed E-state index contributed by atoms with van der Waals surface area (Å²) in [7, 11) is 0. The molecule has 2 rings (SSSR count). The van der Waals surface area contributed by atoms with Gasteiger partial charge < -0.3 is 15.5 Å². The number of hydrogen-bond donors (Lipinski definition) is 2. The molecule has 8 nitrogen and oxygen atoms in total. The van der Waals surface area contributed by atoms with Crippen LogP contribution in [0.3, 0.4) is 0 Å². The van der Waals surface area contributed by atoms with E-state index in [1.165, 1.54) is 11.8 Å². The second-order valence-electron chi connectivity index (χ2n) is 4.06. The Balaban J connectivity index is 2.01. The van der Waals surface area contributed by atoms with Crippen molar-refractivity contribution in [3.63, 3.8) is 0 Å². The minimum absolute atomic E-state index is 0.129. The SMILES string of the molecule is CCn1c(SCC(=O)NCC(N)=O)nnc1-c1ccco1. The molecule has 21 heavy (non-hydrogen) atoms. The van der Waals surface area contributed by atoms with E-state index >= 15 is 0 Å². The van der Waals surface area contributed by atoms with Crippen LogP contribution in [-0.4, -0.2) is 38.9 Å². The molecule has 0 spiro atoms. The summed E-state index contributed by atoms with van der Waals surface area (Å²) in [5, 5.41) is 11.2. The van der Waals surface area contributed by atoms with Gasteiger partial charge in [-0.3, -0.25) is 14.2 Å². The second kappa shape index (κ2) is 6.93. The number of carbonyl (C=O) groups is 2. The number of nitrogens with two attached hydrogens (primary N) is 1. The summed E-state index contributed by atoms with van der Waals surface area (Å²) in [6.45, 7) is 2.43. The van der Waals surface area contributed by atoms with E-state index in [0.717, 1.165) is 0 Å². The summed E-state index contributed by atoms with van der Waals surface area (Å²) >= 11 is 1.23. The zero-order valence-corrected chi connectivity index (χ0v) is 12.2. The molecule has 9 heteroatoms. The van der Waals surface area contributed by atoms with Crippen LogP contribution in [-0.2, 0) is 16.1 Å². The van der Waals surface area contributed by atoms with Crippen molar-refractivity contribution in [2.45, 2.75) is 18.6 Å². The number of primary amides is 1. The Hall–Kier alpha value is -2.29. The number of hydrogen-bond acceptors (Lipinski definition) is 6. The fraction of sp³-hybridized carbons (Fsp3) is 0.333. The zero-order chi connectivity index (χ0) is 15.2. The Kier molecular flexibility index (Phi) is 4.99. The van der Waals surface area contributed by atoms with Crippen molar-refractivity contribution in [3.8, 4) is 11.6 Å². The highest BCUT2D eigenvalue weighted by Crippen LogP contribution is 2.23. The lowest BCUT2D eigenvalue weighted by Gasteiger charge is -2.05. The van der Waals surface area contributed by atoms with Crippen molar-refractivity contribution in [3.05, 3.63) is 18.4 Å². The minimum Gasteiger partial charge on any atom is -0.461 e. The fourth-order valence-corrected chi connectivity index (χ4v) is 2.47. The van der Waals surface area contributed by atoms with E-state index in [1.54, 1.807) is 18.4 Å². The molecule has 2 aromatic heterocycles. The lowest BCUT2D eigenvalue weighted by atomic mass is 10.4. The highest BCUT2D eigenvalue weighted by molar-refractivity contribution is 7.99. The number of furan rings is 1. The van der Waals surface area contributed by atoms with Gasteiger partial charge in [0.15, 0.2) is 16.7 Å². The number of rotatable bonds is 7. The molecule has 0 bridgehead atoms. The Bertz CT molecular complexity index is 623. The lowest BCUT2D eigenvalue weighted by Crippen LogP contribution is -2.34. The molecule has 0 saturated heterocycles. The van der Waals surface area contributed by atoms with Crippen molar-refractivity contribution in [1.82, 2.24) is 20.1 Å². The van der Waals surface area contributed by atoms with E-state index in [2.05, 4.69) is 15.5 Å². The van der Waals surface area contributed by atoms with Gasteiger partial charge in [0.2, 0.25) is 11.8 Å². The molecule has 0 atom stereocenters. The maximum Gasteiger partial charge on any atom is 0.236 e. The topological polar surface area (TPSA) is 116 Å². The molecular weight excluding hydrogens is 294 g/mol. The van der Waals surface area contributed by atoms with Crippen molar-refractivity contribution in [2.75, 3.05) is 12.3 Å². The number of thioether (sulfide) groups is 1. The molecule has 2 heterocycles. The molecule has 2 amide bonds. The Labute approximate surface area is 125 Å². The van der Waals surface area contributed by atoms with Gasteiger partial charge in [0, 0.05) is 6.54 Å². The first-order chi connectivity index (χ1) is 10.1. The van der Waals surface area contributed by atoms with E-state index in [4.69, 9.17) is 10.2 Å². The Morgan fingerprint density at radius 1 is 1.48 bits per heavy atom. The Morgan fingerprint density at radius 3 is 2.90 bits per heavy atom. The van der Waals surface area contributed by atoms with Gasteiger partial charge in [0.25, 0.3) is 0 Å². The van der Waals surface area contributed by atoms with E-state index in [0.29, 0.717) is 23.3 Å². The standard InChI is InChI=1S/C12H15N5O3S/c1-2-17-11(8-4-3-5-20-8)15-16-12(17)21-7-10(19)14-6-9(13)18/h3-5H,2,6-7H2,1H3,(H2,13,18)(H,14,19). The molecule has 0 aliphatic carbocycles. The Morgan fingerprint density at radius 2 is 2.29 bits per heavy atom. The highest BCUT2D eigenvalue weighted by Gasteiger charge is 2.16. The van der Waals surface area contributed by atoms with Crippen LogP contribution in [0.25, 0.3) is 11.6 Å². The summed E-state index contributed by atoms with van der Waals surface area (Å²) in [5.74, 6) is 0.495. The van der Waals surface area contributed by atoms with Crippen LogP contribution in [0.2, 0.25) is 0 Å². The first-order valence-electron chi connectivity index (χ1n) is 6.26. The number of aromatic nitrogens is 3. The van der Waals surface area contributed by atoms with Crippen LogP contribution in [0, 0.1) is 0 Å². The van der Waals surface area contributed by atoms with Crippen LogP contribution in [0.1, 0.15) is 6.92 Å². The molecule has 0 fully saturated rings. The van der Waals surface area contributed by atoms with Crippen molar-refractivity contribution >= 4 is 23.6 Å². The minimum atomic E-state index is -0.579. The summed E-state index contributed by atoms with van der Waals surface area (Å²) in [5.41, 5.74) is 4.95. The van der Waals surface area contributed by atoms with Crippen LogP contribution < -0.4 is 11.1 Å². The molecule has 3 N–H and O–H groups in total. The van der Waals surface area contributed by atoms with Gasteiger partial charge in [-0.25, -0.2) is 0 Å².